The molecular formula is C11H17N5. The van der Waals surface area contributed by atoms with Gasteiger partial charge in [0, 0.05) is 25.6 Å². The topological polar surface area (TPSA) is 58.5 Å². The number of hydrogen-bond donors (Lipinski definition) is 2. The summed E-state index contributed by atoms with van der Waals surface area (Å²) >= 11 is 0. The molecule has 0 amide bonds. The molecular weight excluding hydrogens is 202 g/mol. The highest BCUT2D eigenvalue weighted by Gasteiger charge is 2.18. The molecule has 86 valence electrons. The second kappa shape index (κ2) is 4.94. The van der Waals surface area contributed by atoms with Gasteiger partial charge in [-0.05, 0) is 19.0 Å². The van der Waals surface area contributed by atoms with Crippen LogP contribution in [0.4, 0.5) is 0 Å². The summed E-state index contributed by atoms with van der Waals surface area (Å²) in [4.78, 5) is 7.45. The van der Waals surface area contributed by atoms with E-state index in [1.54, 1.807) is 12.4 Å². The van der Waals surface area contributed by atoms with E-state index in [9.17, 15) is 0 Å². The molecule has 0 saturated carbocycles. The van der Waals surface area contributed by atoms with Crippen LogP contribution < -0.4 is 5.32 Å². The number of aryl methyl sites for hydroxylation is 1. The quantitative estimate of drug-likeness (QED) is 0.795. The number of aromatic amines is 1. The van der Waals surface area contributed by atoms with Crippen LogP contribution in [0.1, 0.15) is 30.9 Å². The van der Waals surface area contributed by atoms with Crippen molar-refractivity contribution in [2.24, 2.45) is 7.05 Å². The van der Waals surface area contributed by atoms with Gasteiger partial charge in [-0.15, -0.1) is 0 Å². The minimum atomic E-state index is 0.0856. The monoisotopic (exact) mass is 219 g/mol. The fourth-order valence-corrected chi connectivity index (χ4v) is 1.73. The molecule has 2 N–H and O–H groups in total. The molecule has 1 atom stereocenters. The maximum absolute atomic E-state index is 4.31. The van der Waals surface area contributed by atoms with Crippen LogP contribution in [0, 0.1) is 0 Å². The van der Waals surface area contributed by atoms with Gasteiger partial charge in [-0.2, -0.15) is 5.10 Å². The molecule has 0 fully saturated rings. The van der Waals surface area contributed by atoms with Crippen LogP contribution in [0.25, 0.3) is 0 Å². The van der Waals surface area contributed by atoms with Gasteiger partial charge in [-0.25, -0.2) is 4.98 Å². The molecule has 16 heavy (non-hydrogen) atoms. The summed E-state index contributed by atoms with van der Waals surface area (Å²) in [7, 11) is 1.94. The lowest BCUT2D eigenvalue weighted by Crippen LogP contribution is -2.26. The zero-order valence-corrected chi connectivity index (χ0v) is 9.64. The molecule has 2 aromatic rings. The van der Waals surface area contributed by atoms with Crippen LogP contribution in [0.3, 0.4) is 0 Å². The fraction of sp³-hybridized carbons (Fsp3) is 0.455. The third-order valence-electron chi connectivity index (χ3n) is 2.55. The molecule has 0 bridgehead atoms. The van der Waals surface area contributed by atoms with Gasteiger partial charge in [0.05, 0.1) is 5.69 Å². The average molecular weight is 219 g/mol. The zero-order valence-electron chi connectivity index (χ0n) is 9.64. The Morgan fingerprint density at radius 3 is 2.94 bits per heavy atom. The highest BCUT2D eigenvalue weighted by atomic mass is 15.3. The predicted octanol–water partition coefficient (Wildman–Crippen LogP) is 1.23. The van der Waals surface area contributed by atoms with Crippen molar-refractivity contribution in [3.63, 3.8) is 0 Å². The average Bonchev–Trinajstić information content (AvgIpc) is 2.91. The summed E-state index contributed by atoms with van der Waals surface area (Å²) in [6.45, 7) is 3.10. The Balaban J connectivity index is 2.25. The first-order valence-electron chi connectivity index (χ1n) is 5.53. The van der Waals surface area contributed by atoms with E-state index in [4.69, 9.17) is 0 Å². The first-order valence-corrected chi connectivity index (χ1v) is 5.53. The highest BCUT2D eigenvalue weighted by molar-refractivity contribution is 5.16. The Morgan fingerprint density at radius 2 is 2.38 bits per heavy atom. The molecule has 5 heteroatoms. The van der Waals surface area contributed by atoms with Crippen molar-refractivity contribution in [2.75, 3.05) is 6.54 Å². The maximum Gasteiger partial charge on any atom is 0.129 e. The van der Waals surface area contributed by atoms with Crippen molar-refractivity contribution in [3.05, 3.63) is 36.2 Å². The van der Waals surface area contributed by atoms with E-state index >= 15 is 0 Å². The molecule has 2 rings (SSSR count). The number of aromatic nitrogens is 4. The van der Waals surface area contributed by atoms with E-state index in [2.05, 4.69) is 27.3 Å². The lowest BCUT2D eigenvalue weighted by Gasteiger charge is -2.16. The summed E-state index contributed by atoms with van der Waals surface area (Å²) in [5.74, 6) is 0.928. The zero-order chi connectivity index (χ0) is 11.4. The Bertz CT molecular complexity index is 417. The van der Waals surface area contributed by atoms with E-state index in [1.165, 1.54) is 0 Å². The molecule has 0 aliphatic heterocycles. The van der Waals surface area contributed by atoms with Crippen molar-refractivity contribution in [1.29, 1.82) is 0 Å². The van der Waals surface area contributed by atoms with E-state index in [-0.39, 0.29) is 6.04 Å². The minimum absolute atomic E-state index is 0.0856. The van der Waals surface area contributed by atoms with Gasteiger partial charge in [0.15, 0.2) is 0 Å². The van der Waals surface area contributed by atoms with Gasteiger partial charge in [0.2, 0.25) is 0 Å². The second-order valence-electron chi connectivity index (χ2n) is 3.74. The Labute approximate surface area is 94.9 Å². The van der Waals surface area contributed by atoms with Crippen molar-refractivity contribution >= 4 is 0 Å². The van der Waals surface area contributed by atoms with Crippen LogP contribution >= 0.6 is 0 Å². The van der Waals surface area contributed by atoms with Gasteiger partial charge in [0.25, 0.3) is 0 Å². The fourth-order valence-electron chi connectivity index (χ4n) is 1.73. The van der Waals surface area contributed by atoms with Gasteiger partial charge in [-0.1, -0.05) is 6.92 Å². The van der Waals surface area contributed by atoms with Crippen molar-refractivity contribution in [2.45, 2.75) is 19.4 Å². The summed E-state index contributed by atoms with van der Waals surface area (Å²) in [5.41, 5.74) is 1.11. The van der Waals surface area contributed by atoms with Crippen molar-refractivity contribution in [1.82, 2.24) is 25.1 Å². The summed E-state index contributed by atoms with van der Waals surface area (Å²) in [6, 6.07) is 2.10. The molecule has 0 spiro atoms. The van der Waals surface area contributed by atoms with E-state index in [1.807, 2.05) is 24.0 Å². The molecule has 5 nitrogen and oxygen atoms in total. The summed E-state index contributed by atoms with van der Waals surface area (Å²) in [6.07, 6.45) is 6.51. The molecule has 0 aliphatic carbocycles. The molecule has 1 unspecified atom stereocenters. The van der Waals surface area contributed by atoms with Gasteiger partial charge in [-0.3, -0.25) is 4.68 Å². The smallest absolute Gasteiger partial charge is 0.129 e. The summed E-state index contributed by atoms with van der Waals surface area (Å²) < 4.78 is 1.87. The normalized spacial score (nSPS) is 12.9. The minimum Gasteiger partial charge on any atom is -0.347 e. The third kappa shape index (κ3) is 2.14. The van der Waals surface area contributed by atoms with Crippen LogP contribution in [0.5, 0.6) is 0 Å². The molecule has 0 saturated heterocycles. The summed E-state index contributed by atoms with van der Waals surface area (Å²) in [5, 5.41) is 7.65. The largest absolute Gasteiger partial charge is 0.347 e. The standard InChI is InChI=1S/C11H17N5/c1-3-5-12-10(11-13-7-8-14-11)9-4-6-15-16(9)2/h4,6-8,10,12H,3,5H2,1-2H3,(H,13,14). The Hall–Kier alpha value is -1.62. The number of imidazole rings is 1. The van der Waals surface area contributed by atoms with Crippen LogP contribution in [-0.4, -0.2) is 26.3 Å². The van der Waals surface area contributed by atoms with Gasteiger partial charge in [0.1, 0.15) is 11.9 Å². The molecule has 2 aromatic heterocycles. The first kappa shape index (κ1) is 10.9. The predicted molar refractivity (Wildman–Crippen MR) is 61.9 cm³/mol. The lowest BCUT2D eigenvalue weighted by atomic mass is 10.2. The van der Waals surface area contributed by atoms with Crippen LogP contribution in [0.15, 0.2) is 24.7 Å². The number of nitrogens with zero attached hydrogens (tertiary/aromatic N) is 3. The van der Waals surface area contributed by atoms with Crippen molar-refractivity contribution < 1.29 is 0 Å². The van der Waals surface area contributed by atoms with Gasteiger partial charge >= 0.3 is 0 Å². The molecule has 0 radical (unpaired) electrons. The molecule has 0 aliphatic rings. The lowest BCUT2D eigenvalue weighted by molar-refractivity contribution is 0.535. The van der Waals surface area contributed by atoms with Crippen molar-refractivity contribution in [3.8, 4) is 0 Å². The number of hydrogen-bond acceptors (Lipinski definition) is 3. The highest BCUT2D eigenvalue weighted by Crippen LogP contribution is 2.17. The van der Waals surface area contributed by atoms with E-state index < -0.39 is 0 Å². The third-order valence-corrected chi connectivity index (χ3v) is 2.55. The van der Waals surface area contributed by atoms with E-state index in [0.29, 0.717) is 0 Å². The Kier molecular flexibility index (Phi) is 3.36. The number of H-pyrrole nitrogens is 1. The van der Waals surface area contributed by atoms with Gasteiger partial charge < -0.3 is 10.3 Å². The number of nitrogens with one attached hydrogen (secondary N) is 2. The van der Waals surface area contributed by atoms with E-state index in [0.717, 1.165) is 24.5 Å². The number of rotatable bonds is 5. The SMILES string of the molecule is CCCNC(c1ncc[nH]1)c1ccnn1C. The molecule has 0 aromatic carbocycles. The van der Waals surface area contributed by atoms with Crippen LogP contribution in [-0.2, 0) is 7.05 Å². The molecule has 2 heterocycles. The van der Waals surface area contributed by atoms with Crippen LogP contribution in [0.2, 0.25) is 0 Å². The Morgan fingerprint density at radius 1 is 1.50 bits per heavy atom. The maximum atomic E-state index is 4.31. The first-order chi connectivity index (χ1) is 7.83. The second-order valence-corrected chi connectivity index (χ2v) is 3.74.